The Kier molecular flexibility index (Phi) is 5.88. The van der Waals surface area contributed by atoms with Gasteiger partial charge in [-0.3, -0.25) is 9.59 Å². The highest BCUT2D eigenvalue weighted by molar-refractivity contribution is 6.07. The average molecular weight is 433 g/mol. The van der Waals surface area contributed by atoms with Gasteiger partial charge in [-0.15, -0.1) is 0 Å². The maximum Gasteiger partial charge on any atom is 0.405 e. The summed E-state index contributed by atoms with van der Waals surface area (Å²) >= 11 is 0. The van der Waals surface area contributed by atoms with E-state index in [2.05, 4.69) is 22.9 Å². The van der Waals surface area contributed by atoms with Gasteiger partial charge in [0, 0.05) is 24.5 Å². The summed E-state index contributed by atoms with van der Waals surface area (Å²) < 4.78 is 20.5. The van der Waals surface area contributed by atoms with Crippen molar-refractivity contribution < 1.29 is 28.6 Å². The summed E-state index contributed by atoms with van der Waals surface area (Å²) in [6.45, 7) is 2.91. The van der Waals surface area contributed by atoms with Gasteiger partial charge in [-0.05, 0) is 49.7 Å². The lowest BCUT2D eigenvalue weighted by molar-refractivity contribution is -0.124. The number of anilines is 2. The monoisotopic (exact) mass is 433 g/mol. The molecular weight excluding hydrogens is 405 g/mol. The van der Waals surface area contributed by atoms with Crippen molar-refractivity contribution in [3.63, 3.8) is 0 Å². The Labute approximate surface area is 179 Å². The number of fused-ring (bicyclic) bond motifs is 2. The Morgan fingerprint density at radius 1 is 1.23 bits per heavy atom. The van der Waals surface area contributed by atoms with E-state index in [4.69, 9.17) is 4.74 Å². The minimum absolute atomic E-state index is 0.114. The fraction of sp³-hybridized carbons (Fsp3) is 0.591. The fourth-order valence-corrected chi connectivity index (χ4v) is 5.19. The number of carbonyl (C=O) groups excluding carboxylic acids is 2. The number of hydrogen-bond donors (Lipinski definition) is 4. The number of carbonyl (C=O) groups is 3. The van der Waals surface area contributed by atoms with Crippen LogP contribution in [0.1, 0.15) is 51.0 Å². The molecule has 4 rings (SSSR count). The van der Waals surface area contributed by atoms with Crippen molar-refractivity contribution in [2.45, 2.75) is 56.9 Å². The van der Waals surface area contributed by atoms with Gasteiger partial charge in [0.2, 0.25) is 11.8 Å². The maximum atomic E-state index is 15.1. The Hall–Kier alpha value is -2.68. The molecule has 3 amide bonds. The molecule has 4 N–H and O–H groups in total. The highest BCUT2D eigenvalue weighted by atomic mass is 19.1. The van der Waals surface area contributed by atoms with Gasteiger partial charge in [-0.1, -0.05) is 19.8 Å². The molecule has 0 unspecified atom stereocenters. The third-order valence-corrected chi connectivity index (χ3v) is 6.96. The lowest BCUT2D eigenvalue weighted by Gasteiger charge is -2.32. The van der Waals surface area contributed by atoms with Crippen LogP contribution in [0.2, 0.25) is 0 Å². The van der Waals surface area contributed by atoms with Gasteiger partial charge in [-0.25, -0.2) is 9.18 Å². The van der Waals surface area contributed by atoms with Crippen molar-refractivity contribution in [1.29, 1.82) is 0 Å². The van der Waals surface area contributed by atoms with Crippen molar-refractivity contribution in [1.82, 2.24) is 5.32 Å². The topological polar surface area (TPSA) is 117 Å². The van der Waals surface area contributed by atoms with Crippen LogP contribution >= 0.6 is 0 Å². The summed E-state index contributed by atoms with van der Waals surface area (Å²) in [5.41, 5.74) is -0.0874. The van der Waals surface area contributed by atoms with Crippen LogP contribution in [0.25, 0.3) is 0 Å². The molecule has 1 aromatic rings. The first kappa shape index (κ1) is 21.5. The van der Waals surface area contributed by atoms with E-state index in [0.29, 0.717) is 43.2 Å². The summed E-state index contributed by atoms with van der Waals surface area (Å²) in [6.07, 6.45) is 2.89. The van der Waals surface area contributed by atoms with Gasteiger partial charge in [0.1, 0.15) is 11.9 Å². The lowest BCUT2D eigenvalue weighted by Crippen LogP contribution is -2.49. The zero-order chi connectivity index (χ0) is 22.2. The van der Waals surface area contributed by atoms with Gasteiger partial charge in [0.05, 0.1) is 11.1 Å². The molecule has 1 saturated heterocycles. The van der Waals surface area contributed by atoms with E-state index < -0.39 is 29.3 Å². The summed E-state index contributed by atoms with van der Waals surface area (Å²) in [6, 6.07) is 1.83. The van der Waals surface area contributed by atoms with Crippen molar-refractivity contribution in [2.75, 3.05) is 23.8 Å². The smallest absolute Gasteiger partial charge is 0.405 e. The largest absolute Gasteiger partial charge is 0.465 e. The van der Waals surface area contributed by atoms with Crippen LogP contribution in [0, 0.1) is 17.7 Å². The molecule has 31 heavy (non-hydrogen) atoms. The van der Waals surface area contributed by atoms with Crippen LogP contribution in [0.15, 0.2) is 12.1 Å². The molecule has 1 atom stereocenters. The molecule has 1 spiro atoms. The number of rotatable bonds is 4. The van der Waals surface area contributed by atoms with Crippen molar-refractivity contribution in [2.24, 2.45) is 11.8 Å². The van der Waals surface area contributed by atoms with E-state index in [-0.39, 0.29) is 17.5 Å². The number of hydrogen-bond acceptors (Lipinski definition) is 4. The van der Waals surface area contributed by atoms with Gasteiger partial charge in [0.25, 0.3) is 0 Å². The predicted octanol–water partition coefficient (Wildman–Crippen LogP) is 3.23. The quantitative estimate of drug-likeness (QED) is 0.582. The molecule has 0 bridgehead atoms. The molecule has 2 fully saturated rings. The second-order valence-corrected chi connectivity index (χ2v) is 8.97. The van der Waals surface area contributed by atoms with Gasteiger partial charge < -0.3 is 25.8 Å². The number of benzene rings is 1. The summed E-state index contributed by atoms with van der Waals surface area (Å²) in [5, 5.41) is 16.9. The first-order chi connectivity index (χ1) is 14.8. The SMILES string of the molecule is CC1CCC([C@H](NC(=O)O)C(=O)Nc2cc(F)c3c(c2)NC(=O)C32CCOCC2)CC1. The molecule has 9 heteroatoms. The van der Waals surface area contributed by atoms with Crippen molar-refractivity contribution in [3.8, 4) is 0 Å². The van der Waals surface area contributed by atoms with Gasteiger partial charge in [0.15, 0.2) is 0 Å². The Balaban J connectivity index is 1.55. The normalized spacial score (nSPS) is 25.4. The molecule has 1 aliphatic carbocycles. The molecule has 0 aromatic heterocycles. The summed E-state index contributed by atoms with van der Waals surface area (Å²) in [7, 11) is 0. The van der Waals surface area contributed by atoms with Gasteiger partial charge in [-0.2, -0.15) is 0 Å². The number of halogens is 1. The Morgan fingerprint density at radius 3 is 2.55 bits per heavy atom. The second kappa shape index (κ2) is 8.45. The molecule has 168 valence electrons. The van der Waals surface area contributed by atoms with Crippen LogP contribution in [0.5, 0.6) is 0 Å². The molecule has 1 aromatic carbocycles. The zero-order valence-corrected chi connectivity index (χ0v) is 17.5. The minimum atomic E-state index is -1.27. The number of nitrogens with one attached hydrogen (secondary N) is 3. The maximum absolute atomic E-state index is 15.1. The highest BCUT2D eigenvalue weighted by Crippen LogP contribution is 2.47. The van der Waals surface area contributed by atoms with E-state index in [1.54, 1.807) is 6.07 Å². The molecule has 2 aliphatic heterocycles. The third kappa shape index (κ3) is 4.11. The Bertz CT molecular complexity index is 891. The predicted molar refractivity (Wildman–Crippen MR) is 111 cm³/mol. The zero-order valence-electron chi connectivity index (χ0n) is 17.5. The first-order valence-corrected chi connectivity index (χ1v) is 10.8. The number of amides is 3. The molecule has 3 aliphatic rings. The second-order valence-electron chi connectivity index (χ2n) is 8.97. The van der Waals surface area contributed by atoms with Gasteiger partial charge >= 0.3 is 6.09 Å². The standard InChI is InChI=1S/C22H28FN3O5/c1-12-2-4-13(5-3-12)18(26-21(29)30)19(27)24-14-10-15(23)17-16(11-14)25-20(28)22(17)6-8-31-9-7-22/h10-13,18,26H,2-9H2,1H3,(H,24,27)(H,25,28)(H,29,30)/t12?,13?,18-/m0/s1. The summed E-state index contributed by atoms with van der Waals surface area (Å²) in [5.74, 6) is -0.905. The number of ether oxygens (including phenoxy) is 1. The average Bonchev–Trinajstić information content (AvgIpc) is 2.98. The molecule has 8 nitrogen and oxygen atoms in total. The molecular formula is C22H28FN3O5. The van der Waals surface area contributed by atoms with Crippen LogP contribution < -0.4 is 16.0 Å². The van der Waals surface area contributed by atoms with E-state index in [1.807, 2.05) is 0 Å². The van der Waals surface area contributed by atoms with Crippen molar-refractivity contribution in [3.05, 3.63) is 23.5 Å². The molecule has 2 heterocycles. The van der Waals surface area contributed by atoms with Crippen LogP contribution in [0.4, 0.5) is 20.6 Å². The molecule has 1 saturated carbocycles. The van der Waals surface area contributed by atoms with Crippen LogP contribution in [-0.2, 0) is 19.7 Å². The third-order valence-electron chi connectivity index (χ3n) is 6.96. The van der Waals surface area contributed by atoms with Crippen LogP contribution in [-0.4, -0.2) is 42.3 Å². The van der Waals surface area contributed by atoms with E-state index in [9.17, 15) is 19.5 Å². The Morgan fingerprint density at radius 2 is 1.90 bits per heavy atom. The highest BCUT2D eigenvalue weighted by Gasteiger charge is 2.49. The fourth-order valence-electron chi connectivity index (χ4n) is 5.19. The summed E-state index contributed by atoms with van der Waals surface area (Å²) in [4.78, 5) is 36.9. The van der Waals surface area contributed by atoms with E-state index in [0.717, 1.165) is 25.7 Å². The lowest BCUT2D eigenvalue weighted by atomic mass is 9.75. The minimum Gasteiger partial charge on any atom is -0.465 e. The van der Waals surface area contributed by atoms with Crippen molar-refractivity contribution >= 4 is 29.3 Å². The molecule has 0 radical (unpaired) electrons. The van der Waals surface area contributed by atoms with Crippen LogP contribution in [0.3, 0.4) is 0 Å². The van der Waals surface area contributed by atoms with E-state index >= 15 is 4.39 Å². The van der Waals surface area contributed by atoms with E-state index in [1.165, 1.54) is 6.07 Å². The number of carboxylic acid groups (broad SMARTS) is 1. The first-order valence-electron chi connectivity index (χ1n) is 10.8.